The molecule has 0 aromatic carbocycles. The number of piperazine rings is 1. The molecule has 1 saturated heterocycles. The third-order valence-electron chi connectivity index (χ3n) is 5.42. The van der Waals surface area contributed by atoms with Gasteiger partial charge in [0.25, 0.3) is 0 Å². The van der Waals surface area contributed by atoms with Gasteiger partial charge in [0.1, 0.15) is 12.0 Å². The first-order valence-corrected chi connectivity index (χ1v) is 11.9. The number of aliphatic imine (C=N–C) groups is 1. The highest BCUT2D eigenvalue weighted by Gasteiger charge is 2.29. The van der Waals surface area contributed by atoms with Crippen molar-refractivity contribution < 1.29 is 12.9 Å². The molecule has 0 unspecified atom stereocenters. The molecular weight excluding hydrogens is 533 g/mol. The molecule has 1 aliphatic rings. The van der Waals surface area contributed by atoms with Gasteiger partial charge in [0.05, 0.1) is 11.4 Å². The average Bonchev–Trinajstić information content (AvgIpc) is 3.35. The van der Waals surface area contributed by atoms with Crippen LogP contribution in [0.5, 0.6) is 0 Å². The molecule has 3 heterocycles. The van der Waals surface area contributed by atoms with Crippen molar-refractivity contribution in [2.45, 2.75) is 39.0 Å². The lowest BCUT2D eigenvalue weighted by Gasteiger charge is -2.35. The maximum atomic E-state index is 12.6. The van der Waals surface area contributed by atoms with Gasteiger partial charge in [-0.3, -0.25) is 9.67 Å². The number of hydrogen-bond acceptors (Lipinski definition) is 6. The molecule has 1 fully saturated rings. The van der Waals surface area contributed by atoms with Crippen molar-refractivity contribution >= 4 is 40.0 Å². The molecule has 2 aromatic heterocycles. The van der Waals surface area contributed by atoms with Crippen molar-refractivity contribution in [1.82, 2.24) is 29.5 Å². The van der Waals surface area contributed by atoms with Crippen LogP contribution in [0.1, 0.15) is 36.5 Å². The molecular formula is C19H32IN7O3S. The molecule has 31 heavy (non-hydrogen) atoms. The fourth-order valence-electron chi connectivity index (χ4n) is 3.86. The minimum Gasteiger partial charge on any atom is -0.364 e. The largest absolute Gasteiger partial charge is 0.364 e. The number of hydrogen-bond donors (Lipinski definition) is 1. The Labute approximate surface area is 201 Å². The van der Waals surface area contributed by atoms with Crippen LogP contribution in [0.25, 0.3) is 0 Å². The Morgan fingerprint density at radius 2 is 1.94 bits per heavy atom. The van der Waals surface area contributed by atoms with Crippen LogP contribution in [-0.2, 0) is 42.2 Å². The number of nitrogens with one attached hydrogen (secondary N) is 1. The summed E-state index contributed by atoms with van der Waals surface area (Å²) in [5.41, 5.74) is 3.96. The molecule has 0 atom stereocenters. The van der Waals surface area contributed by atoms with E-state index in [0.717, 1.165) is 24.5 Å². The highest BCUT2D eigenvalue weighted by Crippen LogP contribution is 2.16. The predicted octanol–water partition coefficient (Wildman–Crippen LogP) is 1.37. The van der Waals surface area contributed by atoms with E-state index >= 15 is 0 Å². The first-order chi connectivity index (χ1) is 14.4. The quantitative estimate of drug-likeness (QED) is 0.307. The first kappa shape index (κ1) is 25.6. The van der Waals surface area contributed by atoms with Crippen LogP contribution in [0.4, 0.5) is 0 Å². The van der Waals surface area contributed by atoms with Gasteiger partial charge in [-0.1, -0.05) is 19.0 Å². The normalized spacial score (nSPS) is 15.7. The van der Waals surface area contributed by atoms with Gasteiger partial charge in [0.2, 0.25) is 10.0 Å². The summed E-state index contributed by atoms with van der Waals surface area (Å²) < 4.78 is 33.5. The van der Waals surface area contributed by atoms with Gasteiger partial charge in [-0.05, 0) is 12.8 Å². The van der Waals surface area contributed by atoms with E-state index in [2.05, 4.69) is 39.3 Å². The summed E-state index contributed by atoms with van der Waals surface area (Å²) in [5, 5.41) is 11.8. The number of aromatic nitrogens is 3. The molecule has 2 aromatic rings. The Hall–Kier alpha value is -1.67. The zero-order valence-corrected chi connectivity index (χ0v) is 21.7. The number of guanidine groups is 1. The van der Waals surface area contributed by atoms with E-state index in [4.69, 9.17) is 4.52 Å². The van der Waals surface area contributed by atoms with Crippen molar-refractivity contribution in [1.29, 1.82) is 0 Å². The monoisotopic (exact) mass is 565 g/mol. The molecule has 0 amide bonds. The van der Waals surface area contributed by atoms with Gasteiger partial charge in [0, 0.05) is 64.1 Å². The number of sulfonamides is 1. The van der Waals surface area contributed by atoms with E-state index in [0.29, 0.717) is 38.4 Å². The van der Waals surface area contributed by atoms with E-state index in [-0.39, 0.29) is 29.7 Å². The van der Waals surface area contributed by atoms with E-state index in [1.165, 1.54) is 21.8 Å². The molecule has 10 nitrogen and oxygen atoms in total. The molecule has 0 saturated carbocycles. The summed E-state index contributed by atoms with van der Waals surface area (Å²) >= 11 is 0. The summed E-state index contributed by atoms with van der Waals surface area (Å²) in [5.74, 6) is 0.633. The van der Waals surface area contributed by atoms with Crippen LogP contribution in [0, 0.1) is 0 Å². The average molecular weight is 565 g/mol. The standard InChI is InChI=1S/C19H31N7O3S.HI/c1-5-17-16(18(6-2)24(4)22-17)13-21-19(20-3)25-8-10-26(11-9-25)30(27,28)14-15-7-12-29-23-15;/h7,12H,5-6,8-11,13-14H2,1-4H3,(H,20,21);1H. The third-order valence-corrected chi connectivity index (χ3v) is 7.23. The SMILES string of the molecule is CCc1nn(C)c(CC)c1CNC(=NC)N1CCN(S(=O)(=O)Cc2ccon2)CC1.I. The first-order valence-electron chi connectivity index (χ1n) is 10.3. The van der Waals surface area contributed by atoms with Crippen LogP contribution in [0.3, 0.4) is 0 Å². The molecule has 12 heteroatoms. The van der Waals surface area contributed by atoms with E-state index < -0.39 is 10.0 Å². The van der Waals surface area contributed by atoms with Gasteiger partial charge in [-0.15, -0.1) is 24.0 Å². The Morgan fingerprint density at radius 3 is 2.48 bits per heavy atom. The van der Waals surface area contributed by atoms with Crippen molar-refractivity contribution in [3.63, 3.8) is 0 Å². The predicted molar refractivity (Wildman–Crippen MR) is 130 cm³/mol. The molecule has 3 rings (SSSR count). The molecule has 0 bridgehead atoms. The highest BCUT2D eigenvalue weighted by atomic mass is 127. The Kier molecular flexibility index (Phi) is 9.30. The second-order valence-corrected chi connectivity index (χ2v) is 9.21. The second kappa shape index (κ2) is 11.3. The third kappa shape index (κ3) is 5.98. The smallest absolute Gasteiger partial charge is 0.220 e. The van der Waals surface area contributed by atoms with Crippen molar-refractivity contribution in [3.05, 3.63) is 35.0 Å². The minimum absolute atomic E-state index is 0. The van der Waals surface area contributed by atoms with E-state index in [1.54, 1.807) is 13.1 Å². The van der Waals surface area contributed by atoms with Gasteiger partial charge in [-0.25, -0.2) is 8.42 Å². The summed E-state index contributed by atoms with van der Waals surface area (Å²) in [6.45, 7) is 6.87. The van der Waals surface area contributed by atoms with E-state index in [1.807, 2.05) is 11.7 Å². The second-order valence-electron chi connectivity index (χ2n) is 7.24. The molecule has 1 N–H and O–H groups in total. The number of nitrogens with zero attached hydrogens (tertiary/aromatic N) is 6. The fraction of sp³-hybridized carbons (Fsp3) is 0.632. The lowest BCUT2D eigenvalue weighted by Crippen LogP contribution is -2.53. The fourth-order valence-corrected chi connectivity index (χ4v) is 5.29. The zero-order chi connectivity index (χ0) is 21.7. The van der Waals surface area contributed by atoms with Crippen LogP contribution < -0.4 is 5.32 Å². The molecule has 1 aliphatic heterocycles. The minimum atomic E-state index is -3.42. The van der Waals surface area contributed by atoms with Crippen molar-refractivity contribution in [2.24, 2.45) is 12.0 Å². The van der Waals surface area contributed by atoms with Gasteiger partial charge in [0.15, 0.2) is 5.96 Å². The van der Waals surface area contributed by atoms with Gasteiger partial charge >= 0.3 is 0 Å². The maximum absolute atomic E-state index is 12.6. The highest BCUT2D eigenvalue weighted by molar-refractivity contribution is 14.0. The Morgan fingerprint density at radius 1 is 1.23 bits per heavy atom. The molecule has 0 aliphatic carbocycles. The summed E-state index contributed by atoms with van der Waals surface area (Å²) in [4.78, 5) is 6.50. The van der Waals surface area contributed by atoms with Crippen molar-refractivity contribution in [3.8, 4) is 0 Å². The molecule has 174 valence electrons. The zero-order valence-electron chi connectivity index (χ0n) is 18.5. The lowest BCUT2D eigenvalue weighted by molar-refractivity contribution is 0.259. The number of rotatable bonds is 7. The summed E-state index contributed by atoms with van der Waals surface area (Å²) in [6, 6.07) is 1.58. The van der Waals surface area contributed by atoms with Crippen LogP contribution in [0.15, 0.2) is 21.8 Å². The lowest BCUT2D eigenvalue weighted by atomic mass is 10.1. The molecule has 0 radical (unpaired) electrons. The Balaban J connectivity index is 0.00000341. The summed E-state index contributed by atoms with van der Waals surface area (Å²) in [6.07, 6.45) is 3.18. The van der Waals surface area contributed by atoms with Crippen LogP contribution in [0.2, 0.25) is 0 Å². The number of aryl methyl sites for hydroxylation is 2. The molecule has 0 spiro atoms. The van der Waals surface area contributed by atoms with Crippen LogP contribution in [-0.4, -0.2) is 71.7 Å². The maximum Gasteiger partial charge on any atom is 0.220 e. The van der Waals surface area contributed by atoms with Crippen molar-refractivity contribution in [2.75, 3.05) is 33.2 Å². The van der Waals surface area contributed by atoms with Crippen LogP contribution >= 0.6 is 24.0 Å². The summed E-state index contributed by atoms with van der Waals surface area (Å²) in [7, 11) is 0.312. The Bertz CT molecular complexity index is 965. The number of halogens is 1. The van der Waals surface area contributed by atoms with Gasteiger partial charge < -0.3 is 14.7 Å². The van der Waals surface area contributed by atoms with Gasteiger partial charge in [-0.2, -0.15) is 9.40 Å². The van der Waals surface area contributed by atoms with E-state index in [9.17, 15) is 8.42 Å². The topological polar surface area (TPSA) is 109 Å².